The molecule has 0 atom stereocenters. The molecule has 0 spiro atoms. The Morgan fingerprint density at radius 2 is 2.17 bits per heavy atom. The summed E-state index contributed by atoms with van der Waals surface area (Å²) in [5.74, 6) is 0. The first-order chi connectivity index (χ1) is 2.41. The van der Waals surface area contributed by atoms with Crippen LogP contribution in [0.5, 0.6) is 0 Å². The maximum absolute atomic E-state index is 9.40. The van der Waals surface area contributed by atoms with Gasteiger partial charge in [0.2, 0.25) is 0 Å². The molecular weight excluding hydrogens is 186 g/mol. The van der Waals surface area contributed by atoms with Crippen molar-refractivity contribution in [3.8, 4) is 0 Å². The first-order valence-corrected chi connectivity index (χ1v) is 1.85. The molecule has 2 heteroatoms. The molecule has 0 aromatic carbocycles. The third-order valence-corrected chi connectivity index (χ3v) is 0.407. The summed E-state index contributed by atoms with van der Waals surface area (Å²) in [4.78, 5) is 9.40. The average Bonchev–Trinajstić information content (AvgIpc) is 1.41. The number of unbranched alkanes of at least 4 members (excludes halogenated alkanes) is 1. The minimum atomic E-state index is 0. The fourth-order valence-electron chi connectivity index (χ4n) is 0.118. The van der Waals surface area contributed by atoms with Crippen molar-refractivity contribution in [3.05, 3.63) is 0 Å². The molecule has 1 nitrogen and oxygen atoms in total. The van der Waals surface area contributed by atoms with Gasteiger partial charge in [-0.1, -0.05) is 6.92 Å². The zero-order valence-electron chi connectivity index (χ0n) is 4.11. The van der Waals surface area contributed by atoms with Crippen molar-refractivity contribution >= 4 is 30.7 Å². The fourth-order valence-corrected chi connectivity index (χ4v) is 0.118. The molecule has 0 N–H and O–H groups in total. The van der Waals surface area contributed by atoms with Gasteiger partial charge in [0.1, 0.15) is 6.29 Å². The molecule has 0 heterocycles. The van der Waals surface area contributed by atoms with Crippen molar-refractivity contribution in [1.29, 1.82) is 0 Å². The molecule has 0 saturated carbocycles. The van der Waals surface area contributed by atoms with Crippen LogP contribution >= 0.6 is 0 Å². The van der Waals surface area contributed by atoms with E-state index in [9.17, 15) is 4.79 Å². The maximum atomic E-state index is 9.40. The molecule has 0 aromatic heterocycles. The number of carbonyl (C=O) groups excluding carboxylic acids is 1. The summed E-state index contributed by atoms with van der Waals surface area (Å²) in [6, 6.07) is 0. The monoisotopic (exact) mass is 196 g/mol. The predicted molar refractivity (Wildman–Crippen MR) is 30.9 cm³/mol. The number of rotatable bonds is 2. The molecule has 0 aromatic rings. The van der Waals surface area contributed by atoms with E-state index in [1.165, 1.54) is 0 Å². The van der Waals surface area contributed by atoms with E-state index in [1.807, 2.05) is 6.92 Å². The van der Waals surface area contributed by atoms with Gasteiger partial charge < -0.3 is 4.79 Å². The molecular formula is C4H11OSb. The summed E-state index contributed by atoms with van der Waals surface area (Å²) in [6.07, 6.45) is 2.61. The minimum absolute atomic E-state index is 0. The van der Waals surface area contributed by atoms with Gasteiger partial charge in [0.15, 0.2) is 0 Å². The number of carbonyl (C=O) groups is 1. The quantitative estimate of drug-likeness (QED) is 0.442. The van der Waals surface area contributed by atoms with E-state index in [0.717, 1.165) is 12.7 Å². The van der Waals surface area contributed by atoms with Crippen molar-refractivity contribution in [2.24, 2.45) is 0 Å². The topological polar surface area (TPSA) is 17.1 Å². The van der Waals surface area contributed by atoms with Gasteiger partial charge in [-0.25, -0.2) is 0 Å². The molecule has 0 radical (unpaired) electrons. The van der Waals surface area contributed by atoms with Crippen molar-refractivity contribution in [2.45, 2.75) is 19.8 Å². The zero-order chi connectivity index (χ0) is 4.12. The summed E-state index contributed by atoms with van der Waals surface area (Å²) in [6.45, 7) is 1.98. The van der Waals surface area contributed by atoms with Crippen LogP contribution in [-0.4, -0.2) is 30.7 Å². The molecule has 0 aliphatic rings. The second-order valence-electron chi connectivity index (χ2n) is 0.955. The Hall–Kier alpha value is 0.488. The third-order valence-electron chi connectivity index (χ3n) is 0.407. The SMILES string of the molecule is CCCC=O.[SbH3]. The van der Waals surface area contributed by atoms with E-state index >= 15 is 0 Å². The first-order valence-electron chi connectivity index (χ1n) is 1.85. The van der Waals surface area contributed by atoms with Crippen molar-refractivity contribution in [3.63, 3.8) is 0 Å². The fraction of sp³-hybridized carbons (Fsp3) is 0.750. The summed E-state index contributed by atoms with van der Waals surface area (Å²) in [5.41, 5.74) is 0. The van der Waals surface area contributed by atoms with Gasteiger partial charge in [-0.3, -0.25) is 0 Å². The zero-order valence-corrected chi connectivity index (χ0v) is 8.14. The van der Waals surface area contributed by atoms with Crippen LogP contribution in [0, 0.1) is 0 Å². The molecule has 0 saturated heterocycles. The van der Waals surface area contributed by atoms with E-state index in [0.29, 0.717) is 6.42 Å². The molecule has 0 rings (SSSR count). The van der Waals surface area contributed by atoms with E-state index in [-0.39, 0.29) is 24.4 Å². The summed E-state index contributed by atoms with van der Waals surface area (Å²) >= 11 is 0. The van der Waals surface area contributed by atoms with Crippen LogP contribution in [0.25, 0.3) is 0 Å². The van der Waals surface area contributed by atoms with Crippen LogP contribution in [0.4, 0.5) is 0 Å². The molecule has 0 unspecified atom stereocenters. The van der Waals surface area contributed by atoms with Crippen molar-refractivity contribution in [1.82, 2.24) is 0 Å². The average molecular weight is 197 g/mol. The second kappa shape index (κ2) is 9.09. The van der Waals surface area contributed by atoms with Gasteiger partial charge in [-0.05, 0) is 6.42 Å². The van der Waals surface area contributed by atoms with Gasteiger partial charge in [0, 0.05) is 6.42 Å². The number of hydrogen-bond donors (Lipinski definition) is 0. The Balaban J connectivity index is 0. The van der Waals surface area contributed by atoms with E-state index in [1.54, 1.807) is 0 Å². The van der Waals surface area contributed by atoms with E-state index in [4.69, 9.17) is 0 Å². The Kier molecular flexibility index (Phi) is 14.7. The van der Waals surface area contributed by atoms with Gasteiger partial charge >= 0.3 is 24.4 Å². The molecule has 38 valence electrons. The number of hydrogen-bond acceptors (Lipinski definition) is 1. The molecule has 6 heavy (non-hydrogen) atoms. The van der Waals surface area contributed by atoms with E-state index in [2.05, 4.69) is 0 Å². The van der Waals surface area contributed by atoms with Gasteiger partial charge in [0.25, 0.3) is 0 Å². The van der Waals surface area contributed by atoms with Crippen LogP contribution in [0.3, 0.4) is 0 Å². The second-order valence-corrected chi connectivity index (χ2v) is 0.955. The summed E-state index contributed by atoms with van der Waals surface area (Å²) in [7, 11) is 0. The summed E-state index contributed by atoms with van der Waals surface area (Å²) in [5, 5.41) is 0. The van der Waals surface area contributed by atoms with Crippen LogP contribution in [0.15, 0.2) is 0 Å². The molecule has 0 bridgehead atoms. The van der Waals surface area contributed by atoms with E-state index < -0.39 is 0 Å². The Labute approximate surface area is 55.6 Å². The van der Waals surface area contributed by atoms with Gasteiger partial charge in [-0.15, -0.1) is 0 Å². The Morgan fingerprint density at radius 1 is 1.67 bits per heavy atom. The Morgan fingerprint density at radius 3 is 2.17 bits per heavy atom. The third kappa shape index (κ3) is 8.82. The van der Waals surface area contributed by atoms with Gasteiger partial charge in [0.05, 0.1) is 0 Å². The Bertz CT molecular complexity index is 28.7. The van der Waals surface area contributed by atoms with Crippen LogP contribution in [-0.2, 0) is 4.79 Å². The van der Waals surface area contributed by atoms with Crippen molar-refractivity contribution in [2.75, 3.05) is 0 Å². The number of aldehydes is 1. The molecule has 0 aliphatic heterocycles. The van der Waals surface area contributed by atoms with Crippen LogP contribution < -0.4 is 0 Å². The normalized spacial score (nSPS) is 6.17. The standard InChI is InChI=1S/C4H8O.Sb.3H/c1-2-3-4-5;;;;/h4H,2-3H2,1H3;;;;. The summed E-state index contributed by atoms with van der Waals surface area (Å²) < 4.78 is 0. The molecule has 0 fully saturated rings. The first kappa shape index (κ1) is 9.70. The van der Waals surface area contributed by atoms with Crippen molar-refractivity contribution < 1.29 is 4.79 Å². The van der Waals surface area contributed by atoms with Crippen LogP contribution in [0.1, 0.15) is 19.8 Å². The van der Waals surface area contributed by atoms with Gasteiger partial charge in [-0.2, -0.15) is 0 Å². The predicted octanol–water partition coefficient (Wildman–Crippen LogP) is -0.198. The molecule has 0 aliphatic carbocycles. The van der Waals surface area contributed by atoms with Crippen LogP contribution in [0.2, 0.25) is 0 Å². The molecule has 0 amide bonds.